The Morgan fingerprint density at radius 3 is 2.40 bits per heavy atom. The van der Waals surface area contributed by atoms with Gasteiger partial charge in [0.1, 0.15) is 0 Å². The molecular weight excluding hydrogens is 190 g/mol. The van der Waals surface area contributed by atoms with Gasteiger partial charge in [0.2, 0.25) is 5.91 Å². The molecule has 0 unspecified atom stereocenters. The van der Waals surface area contributed by atoms with E-state index in [0.29, 0.717) is 0 Å². The number of nitrogens with zero attached hydrogens (tertiary/aromatic N) is 2. The van der Waals surface area contributed by atoms with Gasteiger partial charge in [0.05, 0.1) is 6.04 Å². The minimum atomic E-state index is -0.347. The highest BCUT2D eigenvalue weighted by atomic mass is 16.2. The second-order valence-corrected chi connectivity index (χ2v) is 4.86. The molecule has 1 saturated carbocycles. The number of hydrogen-bond donors (Lipinski definition) is 1. The number of hydrogen-bond acceptors (Lipinski definition) is 3. The van der Waals surface area contributed by atoms with E-state index in [1.54, 1.807) is 6.92 Å². The topological polar surface area (TPSA) is 49.6 Å². The van der Waals surface area contributed by atoms with Crippen LogP contribution in [0.5, 0.6) is 0 Å². The van der Waals surface area contributed by atoms with Gasteiger partial charge in [0.15, 0.2) is 0 Å². The molecule has 0 spiro atoms. The fourth-order valence-electron chi connectivity index (χ4n) is 2.10. The molecule has 1 saturated heterocycles. The molecule has 86 valence electrons. The van der Waals surface area contributed by atoms with Crippen molar-refractivity contribution < 1.29 is 4.79 Å². The quantitative estimate of drug-likeness (QED) is 0.708. The van der Waals surface area contributed by atoms with Gasteiger partial charge in [-0.3, -0.25) is 9.69 Å². The van der Waals surface area contributed by atoms with Crippen LogP contribution in [0.3, 0.4) is 0 Å². The molecule has 1 heterocycles. The van der Waals surface area contributed by atoms with Crippen LogP contribution in [0.2, 0.25) is 0 Å². The first-order valence-corrected chi connectivity index (χ1v) is 5.93. The van der Waals surface area contributed by atoms with Crippen LogP contribution in [0.25, 0.3) is 0 Å². The van der Waals surface area contributed by atoms with E-state index in [9.17, 15) is 4.79 Å². The third-order valence-corrected chi connectivity index (χ3v) is 3.29. The van der Waals surface area contributed by atoms with E-state index in [1.807, 2.05) is 4.90 Å². The Labute approximate surface area is 91.4 Å². The molecule has 1 atom stereocenters. The highest BCUT2D eigenvalue weighted by molar-refractivity contribution is 5.81. The van der Waals surface area contributed by atoms with Crippen LogP contribution in [0.4, 0.5) is 0 Å². The average molecular weight is 211 g/mol. The molecule has 0 radical (unpaired) electrons. The molecule has 2 aliphatic rings. The van der Waals surface area contributed by atoms with Gasteiger partial charge in [0, 0.05) is 32.7 Å². The third-order valence-electron chi connectivity index (χ3n) is 3.29. The molecule has 4 heteroatoms. The van der Waals surface area contributed by atoms with E-state index in [4.69, 9.17) is 5.73 Å². The van der Waals surface area contributed by atoms with Crippen molar-refractivity contribution in [3.8, 4) is 0 Å². The minimum absolute atomic E-state index is 0.0982. The van der Waals surface area contributed by atoms with Crippen LogP contribution in [-0.2, 0) is 4.79 Å². The van der Waals surface area contributed by atoms with Crippen molar-refractivity contribution in [2.45, 2.75) is 25.8 Å². The average Bonchev–Trinajstić information content (AvgIpc) is 3.02. The van der Waals surface area contributed by atoms with E-state index >= 15 is 0 Å². The summed E-state index contributed by atoms with van der Waals surface area (Å²) in [6, 6.07) is -0.347. The summed E-state index contributed by atoms with van der Waals surface area (Å²) in [6.07, 6.45) is 2.80. The van der Waals surface area contributed by atoms with Crippen molar-refractivity contribution in [1.29, 1.82) is 0 Å². The number of amides is 1. The lowest BCUT2D eigenvalue weighted by Gasteiger charge is -2.35. The highest BCUT2D eigenvalue weighted by Gasteiger charge is 2.28. The van der Waals surface area contributed by atoms with Crippen LogP contribution in [-0.4, -0.2) is 54.5 Å². The predicted octanol–water partition coefficient (Wildman–Crippen LogP) is -0.112. The second kappa shape index (κ2) is 4.49. The van der Waals surface area contributed by atoms with Crippen LogP contribution in [0.15, 0.2) is 0 Å². The van der Waals surface area contributed by atoms with E-state index in [2.05, 4.69) is 4.90 Å². The molecule has 0 aromatic carbocycles. The van der Waals surface area contributed by atoms with Gasteiger partial charge in [-0.05, 0) is 25.7 Å². The summed E-state index contributed by atoms with van der Waals surface area (Å²) >= 11 is 0. The summed E-state index contributed by atoms with van der Waals surface area (Å²) < 4.78 is 0. The molecule has 2 N–H and O–H groups in total. The van der Waals surface area contributed by atoms with Gasteiger partial charge in [0.25, 0.3) is 0 Å². The SMILES string of the molecule is C[C@H](N)C(=O)N1CCN(CC2CC2)CC1. The molecule has 1 amide bonds. The smallest absolute Gasteiger partial charge is 0.239 e. The van der Waals surface area contributed by atoms with Gasteiger partial charge in [-0.15, -0.1) is 0 Å². The van der Waals surface area contributed by atoms with Crippen LogP contribution in [0.1, 0.15) is 19.8 Å². The molecule has 0 aromatic heterocycles. The third kappa shape index (κ3) is 2.92. The Bertz CT molecular complexity index is 230. The molecule has 2 fully saturated rings. The Morgan fingerprint density at radius 1 is 1.33 bits per heavy atom. The first-order chi connectivity index (χ1) is 7.16. The fourth-order valence-corrected chi connectivity index (χ4v) is 2.10. The normalized spacial score (nSPS) is 25.3. The Morgan fingerprint density at radius 2 is 1.93 bits per heavy atom. The van der Waals surface area contributed by atoms with E-state index in [0.717, 1.165) is 32.1 Å². The zero-order valence-electron chi connectivity index (χ0n) is 9.48. The summed E-state index contributed by atoms with van der Waals surface area (Å²) in [5.41, 5.74) is 5.59. The number of rotatable bonds is 3. The van der Waals surface area contributed by atoms with Crippen molar-refractivity contribution in [2.24, 2.45) is 11.7 Å². The van der Waals surface area contributed by atoms with Crippen molar-refractivity contribution in [1.82, 2.24) is 9.80 Å². The molecule has 0 aromatic rings. The summed E-state index contributed by atoms with van der Waals surface area (Å²) in [4.78, 5) is 16.0. The number of carbonyl (C=O) groups excluding carboxylic acids is 1. The lowest BCUT2D eigenvalue weighted by atomic mass is 10.2. The van der Waals surface area contributed by atoms with Gasteiger partial charge in [-0.2, -0.15) is 0 Å². The standard InChI is InChI=1S/C11H21N3O/c1-9(12)11(15)14-6-4-13(5-7-14)8-10-2-3-10/h9-10H,2-8,12H2,1H3/t9-/m0/s1. The maximum absolute atomic E-state index is 11.6. The highest BCUT2D eigenvalue weighted by Crippen LogP contribution is 2.29. The van der Waals surface area contributed by atoms with E-state index < -0.39 is 0 Å². The summed E-state index contributed by atoms with van der Waals surface area (Å²) in [7, 11) is 0. The van der Waals surface area contributed by atoms with Crippen LogP contribution < -0.4 is 5.73 Å². The molecule has 2 rings (SSSR count). The van der Waals surface area contributed by atoms with Crippen molar-refractivity contribution in [3.63, 3.8) is 0 Å². The zero-order valence-corrected chi connectivity index (χ0v) is 9.48. The number of nitrogens with two attached hydrogens (primary N) is 1. The molecule has 0 bridgehead atoms. The molecule has 4 nitrogen and oxygen atoms in total. The number of piperazine rings is 1. The van der Waals surface area contributed by atoms with Gasteiger partial charge < -0.3 is 10.6 Å². The van der Waals surface area contributed by atoms with Crippen molar-refractivity contribution in [3.05, 3.63) is 0 Å². The zero-order chi connectivity index (χ0) is 10.8. The van der Waals surface area contributed by atoms with Crippen LogP contribution in [0, 0.1) is 5.92 Å². The van der Waals surface area contributed by atoms with Crippen molar-refractivity contribution >= 4 is 5.91 Å². The Balaban J connectivity index is 1.73. The Kier molecular flexibility index (Phi) is 3.26. The van der Waals surface area contributed by atoms with Gasteiger partial charge in [-0.1, -0.05) is 0 Å². The lowest BCUT2D eigenvalue weighted by molar-refractivity contribution is -0.133. The molecule has 1 aliphatic heterocycles. The fraction of sp³-hybridized carbons (Fsp3) is 0.909. The maximum atomic E-state index is 11.6. The largest absolute Gasteiger partial charge is 0.339 e. The van der Waals surface area contributed by atoms with Crippen LogP contribution >= 0.6 is 0 Å². The Hall–Kier alpha value is -0.610. The number of carbonyl (C=O) groups is 1. The minimum Gasteiger partial charge on any atom is -0.339 e. The molecular formula is C11H21N3O. The maximum Gasteiger partial charge on any atom is 0.239 e. The summed E-state index contributed by atoms with van der Waals surface area (Å²) in [5, 5.41) is 0. The van der Waals surface area contributed by atoms with Crippen molar-refractivity contribution in [2.75, 3.05) is 32.7 Å². The first kappa shape index (κ1) is 10.9. The molecule has 15 heavy (non-hydrogen) atoms. The predicted molar refractivity (Wildman–Crippen MR) is 59.4 cm³/mol. The first-order valence-electron chi connectivity index (χ1n) is 5.93. The lowest BCUT2D eigenvalue weighted by Crippen LogP contribution is -2.52. The van der Waals surface area contributed by atoms with Gasteiger partial charge in [-0.25, -0.2) is 0 Å². The van der Waals surface area contributed by atoms with Gasteiger partial charge >= 0.3 is 0 Å². The molecule has 1 aliphatic carbocycles. The summed E-state index contributed by atoms with van der Waals surface area (Å²) in [5.74, 6) is 1.04. The monoisotopic (exact) mass is 211 g/mol. The van der Waals surface area contributed by atoms with E-state index in [1.165, 1.54) is 19.4 Å². The van der Waals surface area contributed by atoms with E-state index in [-0.39, 0.29) is 11.9 Å². The summed E-state index contributed by atoms with van der Waals surface area (Å²) in [6.45, 7) is 6.75. The second-order valence-electron chi connectivity index (χ2n) is 4.86.